The molecule has 5 heteroatoms. The van der Waals surface area contributed by atoms with Crippen LogP contribution in [0.2, 0.25) is 0 Å². The first kappa shape index (κ1) is 14.7. The lowest BCUT2D eigenvalue weighted by atomic mass is 10.0. The van der Waals surface area contributed by atoms with Crippen molar-refractivity contribution in [1.29, 1.82) is 0 Å². The molecular weight excluding hydrogens is 318 g/mol. The van der Waals surface area contributed by atoms with Crippen LogP contribution in [0, 0.1) is 0 Å². The predicted molar refractivity (Wildman–Crippen MR) is 83.2 cm³/mol. The second-order valence-corrected chi connectivity index (χ2v) is 5.20. The fraction of sp³-hybridized carbons (Fsp3) is 0.200. The van der Waals surface area contributed by atoms with Crippen LogP contribution in [-0.2, 0) is 4.79 Å². The van der Waals surface area contributed by atoms with Gasteiger partial charge in [-0.05, 0) is 40.0 Å². The lowest BCUT2D eigenvalue weighted by Crippen LogP contribution is -2.17. The highest BCUT2D eigenvalue weighted by Crippen LogP contribution is 2.20. The van der Waals surface area contributed by atoms with E-state index in [9.17, 15) is 4.79 Å². The molecule has 0 aliphatic carbocycles. The number of amides is 1. The number of nitrogens with zero attached hydrogens (tertiary/aromatic N) is 1. The number of aromatic nitrogens is 1. The Hall–Kier alpha value is -1.72. The van der Waals surface area contributed by atoms with Gasteiger partial charge in [-0.25, -0.2) is 4.98 Å². The molecule has 2 aromatic rings. The molecule has 1 atom stereocenters. The Morgan fingerprint density at radius 1 is 1.25 bits per heavy atom. The van der Waals surface area contributed by atoms with Gasteiger partial charge in [-0.3, -0.25) is 4.79 Å². The Morgan fingerprint density at radius 2 is 2.00 bits per heavy atom. The van der Waals surface area contributed by atoms with Gasteiger partial charge in [0, 0.05) is 18.7 Å². The van der Waals surface area contributed by atoms with E-state index in [2.05, 4.69) is 26.2 Å². The van der Waals surface area contributed by atoms with Gasteiger partial charge >= 0.3 is 0 Å². The summed E-state index contributed by atoms with van der Waals surface area (Å²) < 4.78 is 0.626. The molecular formula is C15H16BrN3O. The van der Waals surface area contributed by atoms with Crippen LogP contribution < -0.4 is 11.1 Å². The fourth-order valence-electron chi connectivity index (χ4n) is 1.85. The Bertz CT molecular complexity index is 574. The molecule has 20 heavy (non-hydrogen) atoms. The van der Waals surface area contributed by atoms with E-state index in [4.69, 9.17) is 5.73 Å². The number of benzene rings is 1. The Balaban J connectivity index is 1.85. The van der Waals surface area contributed by atoms with Crippen LogP contribution in [0.3, 0.4) is 0 Å². The third kappa shape index (κ3) is 4.15. The number of carbonyl (C=O) groups is 1. The second-order valence-electron chi connectivity index (χ2n) is 4.45. The topological polar surface area (TPSA) is 68.0 Å². The quantitative estimate of drug-likeness (QED) is 0.825. The highest BCUT2D eigenvalue weighted by molar-refractivity contribution is 9.10. The molecule has 4 nitrogen and oxygen atoms in total. The van der Waals surface area contributed by atoms with Crippen LogP contribution in [0.25, 0.3) is 0 Å². The summed E-state index contributed by atoms with van der Waals surface area (Å²) in [4.78, 5) is 15.9. The first-order valence-corrected chi connectivity index (χ1v) is 7.17. The summed E-state index contributed by atoms with van der Waals surface area (Å²) in [5, 5.41) is 2.81. The molecule has 1 amide bonds. The molecule has 104 valence electrons. The third-order valence-electron chi connectivity index (χ3n) is 2.94. The van der Waals surface area contributed by atoms with E-state index in [1.807, 2.05) is 30.3 Å². The molecule has 0 saturated carbocycles. The average Bonchev–Trinajstić information content (AvgIpc) is 2.48. The minimum absolute atomic E-state index is 0.0647. The van der Waals surface area contributed by atoms with E-state index in [0.717, 1.165) is 5.56 Å². The van der Waals surface area contributed by atoms with Crippen molar-refractivity contribution in [2.75, 3.05) is 5.32 Å². The van der Waals surface area contributed by atoms with Crippen molar-refractivity contribution in [3.8, 4) is 0 Å². The summed E-state index contributed by atoms with van der Waals surface area (Å²) in [6.45, 7) is 0. The van der Waals surface area contributed by atoms with E-state index < -0.39 is 0 Å². The number of nitrogens with one attached hydrogen (secondary N) is 1. The molecule has 2 rings (SSSR count). The van der Waals surface area contributed by atoms with E-state index in [-0.39, 0.29) is 11.9 Å². The minimum atomic E-state index is -0.126. The minimum Gasteiger partial charge on any atom is -0.324 e. The predicted octanol–water partition coefficient (Wildman–Crippen LogP) is 3.26. The van der Waals surface area contributed by atoms with Crippen LogP contribution in [-0.4, -0.2) is 10.9 Å². The van der Waals surface area contributed by atoms with Gasteiger partial charge in [0.25, 0.3) is 0 Å². The number of nitrogens with two attached hydrogens (primary N) is 1. The largest absolute Gasteiger partial charge is 0.324 e. The van der Waals surface area contributed by atoms with Crippen LogP contribution in [0.15, 0.2) is 53.3 Å². The molecule has 0 aliphatic heterocycles. The van der Waals surface area contributed by atoms with Gasteiger partial charge in [-0.1, -0.05) is 30.3 Å². The SMILES string of the molecule is NC(CCC(=O)Nc1cccnc1Br)c1ccccc1. The van der Waals surface area contributed by atoms with Gasteiger partial charge in [0.15, 0.2) is 0 Å². The van der Waals surface area contributed by atoms with Crippen molar-refractivity contribution < 1.29 is 4.79 Å². The molecule has 0 saturated heterocycles. The smallest absolute Gasteiger partial charge is 0.224 e. The summed E-state index contributed by atoms with van der Waals surface area (Å²) in [5.41, 5.74) is 7.78. The van der Waals surface area contributed by atoms with Crippen LogP contribution in [0.5, 0.6) is 0 Å². The van der Waals surface area contributed by atoms with Crippen molar-refractivity contribution >= 4 is 27.5 Å². The summed E-state index contributed by atoms with van der Waals surface area (Å²) in [6, 6.07) is 13.2. The second kappa shape index (κ2) is 7.17. The molecule has 0 radical (unpaired) electrons. The number of rotatable bonds is 5. The number of hydrogen-bond acceptors (Lipinski definition) is 3. The first-order valence-electron chi connectivity index (χ1n) is 6.37. The highest BCUT2D eigenvalue weighted by Gasteiger charge is 2.10. The lowest BCUT2D eigenvalue weighted by molar-refractivity contribution is -0.116. The number of carbonyl (C=O) groups excluding carboxylic acids is 1. The normalized spacial score (nSPS) is 11.9. The zero-order valence-corrected chi connectivity index (χ0v) is 12.5. The Morgan fingerprint density at radius 3 is 2.70 bits per heavy atom. The molecule has 0 spiro atoms. The monoisotopic (exact) mass is 333 g/mol. The van der Waals surface area contributed by atoms with Crippen molar-refractivity contribution in [2.45, 2.75) is 18.9 Å². The Kier molecular flexibility index (Phi) is 5.26. The highest BCUT2D eigenvalue weighted by atomic mass is 79.9. The molecule has 0 bridgehead atoms. The van der Waals surface area contributed by atoms with Crippen LogP contribution in [0.4, 0.5) is 5.69 Å². The number of hydrogen-bond donors (Lipinski definition) is 2. The number of anilines is 1. The lowest BCUT2D eigenvalue weighted by Gasteiger charge is -2.12. The molecule has 0 fully saturated rings. The maximum atomic E-state index is 11.9. The molecule has 1 aromatic carbocycles. The van der Waals surface area contributed by atoms with Crippen molar-refractivity contribution in [3.63, 3.8) is 0 Å². The van der Waals surface area contributed by atoms with Crippen molar-refractivity contribution in [3.05, 3.63) is 58.8 Å². The molecule has 1 heterocycles. The maximum absolute atomic E-state index is 11.9. The molecule has 1 unspecified atom stereocenters. The molecule has 0 aliphatic rings. The number of pyridine rings is 1. The van der Waals surface area contributed by atoms with Gasteiger partial charge in [0.2, 0.25) is 5.91 Å². The van der Waals surface area contributed by atoms with Gasteiger partial charge in [0.1, 0.15) is 4.60 Å². The summed E-state index contributed by atoms with van der Waals surface area (Å²) in [5.74, 6) is -0.0647. The van der Waals surface area contributed by atoms with Crippen molar-refractivity contribution in [2.24, 2.45) is 5.73 Å². The van der Waals surface area contributed by atoms with Gasteiger partial charge in [-0.2, -0.15) is 0 Å². The average molecular weight is 334 g/mol. The maximum Gasteiger partial charge on any atom is 0.224 e. The summed E-state index contributed by atoms with van der Waals surface area (Å²) in [7, 11) is 0. The van der Waals surface area contributed by atoms with Gasteiger partial charge in [0.05, 0.1) is 5.69 Å². The zero-order valence-electron chi connectivity index (χ0n) is 10.9. The first-order chi connectivity index (χ1) is 9.66. The van der Waals surface area contributed by atoms with Crippen LogP contribution in [0.1, 0.15) is 24.4 Å². The van der Waals surface area contributed by atoms with Gasteiger partial charge in [-0.15, -0.1) is 0 Å². The molecule has 1 aromatic heterocycles. The van der Waals surface area contributed by atoms with Crippen LogP contribution >= 0.6 is 15.9 Å². The van der Waals surface area contributed by atoms with Gasteiger partial charge < -0.3 is 11.1 Å². The van der Waals surface area contributed by atoms with E-state index >= 15 is 0 Å². The summed E-state index contributed by atoms with van der Waals surface area (Å²) >= 11 is 3.29. The Labute approximate surface area is 126 Å². The zero-order chi connectivity index (χ0) is 14.4. The number of halogens is 1. The molecule has 3 N–H and O–H groups in total. The standard InChI is InChI=1S/C15H16BrN3O/c16-15-13(7-4-10-18-15)19-14(20)9-8-12(17)11-5-2-1-3-6-11/h1-7,10,12H,8-9,17H2,(H,19,20). The van der Waals surface area contributed by atoms with Crippen molar-refractivity contribution in [1.82, 2.24) is 4.98 Å². The third-order valence-corrected chi connectivity index (χ3v) is 3.58. The summed E-state index contributed by atoms with van der Waals surface area (Å²) in [6.07, 6.45) is 2.64. The van der Waals surface area contributed by atoms with E-state index in [1.54, 1.807) is 18.3 Å². The fourth-order valence-corrected chi connectivity index (χ4v) is 2.19. The van der Waals surface area contributed by atoms with E-state index in [1.165, 1.54) is 0 Å². The van der Waals surface area contributed by atoms with E-state index in [0.29, 0.717) is 23.1 Å².